The molecule has 1 unspecified atom stereocenters. The summed E-state index contributed by atoms with van der Waals surface area (Å²) in [5.74, 6) is 0. The first-order valence-corrected chi connectivity index (χ1v) is 7.63. The van der Waals surface area contributed by atoms with Crippen molar-refractivity contribution >= 4 is 10.0 Å². The fourth-order valence-electron chi connectivity index (χ4n) is 2.06. The summed E-state index contributed by atoms with van der Waals surface area (Å²) in [5.41, 5.74) is 0.840. The predicted octanol–water partition coefficient (Wildman–Crippen LogP) is 1.15. The Bertz CT molecular complexity index is 626. The highest BCUT2D eigenvalue weighted by Gasteiger charge is 2.29. The van der Waals surface area contributed by atoms with Gasteiger partial charge >= 0.3 is 0 Å². The molecule has 0 amide bonds. The van der Waals surface area contributed by atoms with E-state index in [-0.39, 0.29) is 11.6 Å². The van der Waals surface area contributed by atoms with Crippen LogP contribution in [0.4, 0.5) is 0 Å². The second-order valence-electron chi connectivity index (χ2n) is 4.38. The number of rotatable bonds is 6. The topological polar surface area (TPSA) is 86.3 Å². The Labute approximate surface area is 118 Å². The van der Waals surface area contributed by atoms with E-state index in [0.29, 0.717) is 6.42 Å². The van der Waals surface area contributed by atoms with Crippen LogP contribution < -0.4 is 0 Å². The maximum Gasteiger partial charge on any atom is 0.260 e. The van der Waals surface area contributed by atoms with Crippen molar-refractivity contribution in [3.05, 3.63) is 48.4 Å². The molecular formula is C13H17N3O3S. The van der Waals surface area contributed by atoms with Crippen molar-refractivity contribution in [3.63, 3.8) is 0 Å². The third-order valence-corrected chi connectivity index (χ3v) is 4.95. The molecule has 20 heavy (non-hydrogen) atoms. The summed E-state index contributed by atoms with van der Waals surface area (Å²) >= 11 is 0. The highest BCUT2D eigenvalue weighted by atomic mass is 32.2. The van der Waals surface area contributed by atoms with Gasteiger partial charge in [0, 0.05) is 13.7 Å². The number of hydrogen-bond acceptors (Lipinski definition) is 4. The smallest absolute Gasteiger partial charge is 0.260 e. The molecule has 2 aromatic rings. The van der Waals surface area contributed by atoms with Crippen LogP contribution in [0.5, 0.6) is 0 Å². The van der Waals surface area contributed by atoms with Crippen LogP contribution in [-0.2, 0) is 10.0 Å². The van der Waals surface area contributed by atoms with Gasteiger partial charge in [-0.15, -0.1) is 0 Å². The number of aromatic nitrogens is 2. The number of nitrogens with one attached hydrogen (secondary N) is 1. The van der Waals surface area contributed by atoms with Crippen molar-refractivity contribution in [2.45, 2.75) is 17.5 Å². The SMILES string of the molecule is CN(C(CCO)c1ccccc1)S(=O)(=O)c1cnc[nH]1. The quantitative estimate of drug-likeness (QED) is 0.837. The second kappa shape index (κ2) is 6.17. The zero-order valence-corrected chi connectivity index (χ0v) is 11.9. The first-order valence-electron chi connectivity index (χ1n) is 6.19. The van der Waals surface area contributed by atoms with E-state index in [0.717, 1.165) is 5.56 Å². The largest absolute Gasteiger partial charge is 0.396 e. The molecule has 6 nitrogen and oxygen atoms in total. The molecule has 7 heteroatoms. The third kappa shape index (κ3) is 2.90. The standard InChI is InChI=1S/C13H17N3O3S/c1-16(20(18,19)13-9-14-10-15-13)12(7-8-17)11-5-3-2-4-6-11/h2-6,9-10,12,17H,7-8H2,1H3,(H,14,15). The molecule has 2 N–H and O–H groups in total. The van der Waals surface area contributed by atoms with Crippen molar-refractivity contribution < 1.29 is 13.5 Å². The summed E-state index contributed by atoms with van der Waals surface area (Å²) in [7, 11) is -2.16. The number of nitrogens with zero attached hydrogens (tertiary/aromatic N) is 2. The maximum absolute atomic E-state index is 12.5. The number of hydrogen-bond donors (Lipinski definition) is 2. The van der Waals surface area contributed by atoms with Crippen molar-refractivity contribution in [3.8, 4) is 0 Å². The van der Waals surface area contributed by atoms with Crippen molar-refractivity contribution in [1.29, 1.82) is 0 Å². The van der Waals surface area contributed by atoms with Crippen LogP contribution in [0.2, 0.25) is 0 Å². The van der Waals surface area contributed by atoms with Crippen molar-refractivity contribution in [2.24, 2.45) is 0 Å². The fourth-order valence-corrected chi connectivity index (χ4v) is 3.33. The lowest BCUT2D eigenvalue weighted by molar-refractivity contribution is 0.240. The monoisotopic (exact) mass is 295 g/mol. The Morgan fingerprint density at radius 1 is 1.35 bits per heavy atom. The maximum atomic E-state index is 12.5. The lowest BCUT2D eigenvalue weighted by Crippen LogP contribution is -2.32. The number of aliphatic hydroxyl groups is 1. The summed E-state index contributed by atoms with van der Waals surface area (Å²) in [4.78, 5) is 6.34. The zero-order valence-electron chi connectivity index (χ0n) is 11.1. The van der Waals surface area contributed by atoms with Crippen LogP contribution >= 0.6 is 0 Å². The normalized spacial score (nSPS) is 13.6. The van der Waals surface area contributed by atoms with Gasteiger partial charge in [0.05, 0.1) is 18.6 Å². The van der Waals surface area contributed by atoms with Gasteiger partial charge < -0.3 is 10.1 Å². The minimum absolute atomic E-state index is 0.0406. The molecule has 1 atom stereocenters. The Morgan fingerprint density at radius 3 is 2.60 bits per heavy atom. The molecule has 0 bridgehead atoms. The van der Waals surface area contributed by atoms with E-state index in [9.17, 15) is 13.5 Å². The molecule has 2 rings (SSSR count). The van der Waals surface area contributed by atoms with Crippen LogP contribution in [-0.4, -0.2) is 41.5 Å². The highest BCUT2D eigenvalue weighted by molar-refractivity contribution is 7.89. The van der Waals surface area contributed by atoms with Gasteiger partial charge in [0.25, 0.3) is 10.0 Å². The van der Waals surface area contributed by atoms with Crippen LogP contribution in [0.15, 0.2) is 47.9 Å². The van der Waals surface area contributed by atoms with Gasteiger partial charge in [-0.25, -0.2) is 13.4 Å². The van der Waals surface area contributed by atoms with E-state index in [4.69, 9.17) is 0 Å². The van der Waals surface area contributed by atoms with Gasteiger partial charge in [0.1, 0.15) is 0 Å². The summed E-state index contributed by atoms with van der Waals surface area (Å²) in [6, 6.07) is 8.82. The molecule has 0 aliphatic rings. The van der Waals surface area contributed by atoms with Crippen molar-refractivity contribution in [2.75, 3.05) is 13.7 Å². The molecule has 0 saturated carbocycles. The summed E-state index contributed by atoms with van der Waals surface area (Å²) in [5, 5.41) is 9.24. The van der Waals surface area contributed by atoms with Crippen LogP contribution in [0.1, 0.15) is 18.0 Å². The minimum Gasteiger partial charge on any atom is -0.396 e. The summed E-state index contributed by atoms with van der Waals surface area (Å²) < 4.78 is 26.2. The minimum atomic E-state index is -3.66. The number of benzene rings is 1. The van der Waals surface area contributed by atoms with Gasteiger partial charge in [0.15, 0.2) is 5.03 Å². The summed E-state index contributed by atoms with van der Waals surface area (Å²) in [6.45, 7) is -0.0948. The molecule has 108 valence electrons. The lowest BCUT2D eigenvalue weighted by atomic mass is 10.0. The average molecular weight is 295 g/mol. The summed E-state index contributed by atoms with van der Waals surface area (Å²) in [6.07, 6.45) is 2.92. The van der Waals surface area contributed by atoms with E-state index < -0.39 is 16.1 Å². The van der Waals surface area contributed by atoms with Gasteiger partial charge in [0.2, 0.25) is 0 Å². The molecule has 1 aromatic carbocycles. The van der Waals surface area contributed by atoms with E-state index in [1.807, 2.05) is 30.3 Å². The van der Waals surface area contributed by atoms with Gasteiger partial charge in [-0.2, -0.15) is 4.31 Å². The highest BCUT2D eigenvalue weighted by Crippen LogP contribution is 2.27. The number of sulfonamides is 1. The van der Waals surface area contributed by atoms with E-state index in [1.54, 1.807) is 0 Å². The van der Waals surface area contributed by atoms with Gasteiger partial charge in [-0.05, 0) is 12.0 Å². The molecule has 0 radical (unpaired) electrons. The second-order valence-corrected chi connectivity index (χ2v) is 6.34. The van der Waals surface area contributed by atoms with Crippen LogP contribution in [0.25, 0.3) is 0 Å². The fraction of sp³-hybridized carbons (Fsp3) is 0.308. The predicted molar refractivity (Wildman–Crippen MR) is 74.4 cm³/mol. The molecule has 0 aliphatic heterocycles. The Hall–Kier alpha value is -1.70. The third-order valence-electron chi connectivity index (χ3n) is 3.16. The number of aromatic amines is 1. The molecule has 0 saturated heterocycles. The Morgan fingerprint density at radius 2 is 2.05 bits per heavy atom. The Kier molecular flexibility index (Phi) is 4.53. The molecule has 0 fully saturated rings. The lowest BCUT2D eigenvalue weighted by Gasteiger charge is -2.26. The van der Waals surface area contributed by atoms with Gasteiger partial charge in [-0.1, -0.05) is 30.3 Å². The number of aliphatic hydroxyl groups excluding tert-OH is 1. The van der Waals surface area contributed by atoms with Crippen LogP contribution in [0.3, 0.4) is 0 Å². The van der Waals surface area contributed by atoms with E-state index in [1.165, 1.54) is 23.9 Å². The number of H-pyrrole nitrogens is 1. The average Bonchev–Trinajstić information content (AvgIpc) is 3.00. The first kappa shape index (κ1) is 14.7. The zero-order chi connectivity index (χ0) is 14.6. The van der Waals surface area contributed by atoms with Crippen molar-refractivity contribution in [1.82, 2.24) is 14.3 Å². The molecule has 0 aliphatic carbocycles. The van der Waals surface area contributed by atoms with E-state index >= 15 is 0 Å². The molecule has 1 aromatic heterocycles. The Balaban J connectivity index is 2.35. The van der Waals surface area contributed by atoms with Crippen LogP contribution in [0, 0.1) is 0 Å². The first-order chi connectivity index (χ1) is 9.57. The van der Waals surface area contributed by atoms with Gasteiger partial charge in [-0.3, -0.25) is 0 Å². The molecule has 0 spiro atoms. The molecular weight excluding hydrogens is 278 g/mol. The molecule has 1 heterocycles. The van der Waals surface area contributed by atoms with E-state index in [2.05, 4.69) is 9.97 Å². The number of imidazole rings is 1.